The van der Waals surface area contributed by atoms with Gasteiger partial charge in [0.05, 0.1) is 16.0 Å². The fourth-order valence-electron chi connectivity index (χ4n) is 2.06. The first kappa shape index (κ1) is 12.9. The SMILES string of the molecule is CCc1cc([N+](=O)[O-])cc2c(C(=O)O)cc(C)nc12. The molecule has 0 atom stereocenters. The number of carboxylic acids is 1. The van der Waals surface area contributed by atoms with E-state index in [0.717, 1.165) is 0 Å². The Morgan fingerprint density at radius 2 is 2.11 bits per heavy atom. The number of fused-ring (bicyclic) bond motifs is 1. The summed E-state index contributed by atoms with van der Waals surface area (Å²) >= 11 is 0. The number of nitro benzene ring substituents is 1. The fraction of sp³-hybridized carbons (Fsp3) is 0.231. The number of carbonyl (C=O) groups is 1. The average Bonchev–Trinajstić information content (AvgIpc) is 2.36. The molecule has 0 amide bonds. The van der Waals surface area contributed by atoms with Gasteiger partial charge in [0.1, 0.15) is 0 Å². The summed E-state index contributed by atoms with van der Waals surface area (Å²) in [5, 5.41) is 20.4. The number of aromatic carboxylic acids is 1. The first-order valence-corrected chi connectivity index (χ1v) is 5.76. The van der Waals surface area contributed by atoms with Crippen LogP contribution in [0.1, 0.15) is 28.5 Å². The second kappa shape index (κ2) is 4.64. The van der Waals surface area contributed by atoms with Gasteiger partial charge in [0.15, 0.2) is 0 Å². The third-order valence-corrected chi connectivity index (χ3v) is 2.93. The van der Waals surface area contributed by atoms with Gasteiger partial charge in [-0.2, -0.15) is 0 Å². The molecule has 1 N–H and O–H groups in total. The molecule has 6 nitrogen and oxygen atoms in total. The van der Waals surface area contributed by atoms with Crippen LogP contribution in [0.5, 0.6) is 0 Å². The zero-order chi connectivity index (χ0) is 14.2. The largest absolute Gasteiger partial charge is 0.478 e. The number of nitro groups is 1. The number of pyridine rings is 1. The molecule has 0 fully saturated rings. The van der Waals surface area contributed by atoms with Crippen molar-refractivity contribution in [2.24, 2.45) is 0 Å². The molecule has 0 spiro atoms. The van der Waals surface area contributed by atoms with E-state index >= 15 is 0 Å². The summed E-state index contributed by atoms with van der Waals surface area (Å²) in [6.07, 6.45) is 0.549. The van der Waals surface area contributed by atoms with Crippen LogP contribution < -0.4 is 0 Å². The van der Waals surface area contributed by atoms with Crippen molar-refractivity contribution in [1.29, 1.82) is 0 Å². The average molecular weight is 260 g/mol. The monoisotopic (exact) mass is 260 g/mol. The molecule has 1 aromatic carbocycles. The molecule has 0 aliphatic carbocycles. The molecule has 6 heteroatoms. The van der Waals surface area contributed by atoms with Crippen LogP contribution in [0.25, 0.3) is 10.9 Å². The summed E-state index contributed by atoms with van der Waals surface area (Å²) in [6, 6.07) is 4.14. The van der Waals surface area contributed by atoms with Crippen LogP contribution >= 0.6 is 0 Å². The number of carboxylic acid groups (broad SMARTS) is 1. The highest BCUT2D eigenvalue weighted by Crippen LogP contribution is 2.27. The van der Waals surface area contributed by atoms with E-state index in [2.05, 4.69) is 4.98 Å². The molecule has 1 aromatic heterocycles. The number of aromatic nitrogens is 1. The van der Waals surface area contributed by atoms with Gasteiger partial charge in [-0.25, -0.2) is 4.79 Å². The lowest BCUT2D eigenvalue weighted by molar-refractivity contribution is -0.384. The predicted molar refractivity (Wildman–Crippen MR) is 69.5 cm³/mol. The van der Waals surface area contributed by atoms with Gasteiger partial charge >= 0.3 is 5.97 Å². The van der Waals surface area contributed by atoms with E-state index in [9.17, 15) is 20.0 Å². The molecule has 2 aromatic rings. The quantitative estimate of drug-likeness (QED) is 0.676. The number of rotatable bonds is 3. The van der Waals surface area contributed by atoms with Gasteiger partial charge in [-0.15, -0.1) is 0 Å². The third kappa shape index (κ3) is 2.24. The van der Waals surface area contributed by atoms with Crippen molar-refractivity contribution in [2.45, 2.75) is 20.3 Å². The highest BCUT2D eigenvalue weighted by atomic mass is 16.6. The maximum atomic E-state index is 11.3. The van der Waals surface area contributed by atoms with E-state index in [4.69, 9.17) is 0 Å². The third-order valence-electron chi connectivity index (χ3n) is 2.93. The summed E-state index contributed by atoms with van der Waals surface area (Å²) in [5.74, 6) is -1.11. The summed E-state index contributed by atoms with van der Waals surface area (Å²) in [6.45, 7) is 3.55. The summed E-state index contributed by atoms with van der Waals surface area (Å²) in [5.41, 5.74) is 1.70. The molecule has 0 unspecified atom stereocenters. The van der Waals surface area contributed by atoms with Crippen LogP contribution in [-0.2, 0) is 6.42 Å². The highest BCUT2D eigenvalue weighted by Gasteiger charge is 2.17. The van der Waals surface area contributed by atoms with Crippen molar-refractivity contribution in [3.8, 4) is 0 Å². The Balaban J connectivity index is 2.93. The Labute approximate surface area is 108 Å². The summed E-state index contributed by atoms with van der Waals surface area (Å²) < 4.78 is 0. The van der Waals surface area contributed by atoms with Crippen LogP contribution in [0.4, 0.5) is 5.69 Å². The predicted octanol–water partition coefficient (Wildman–Crippen LogP) is 2.71. The zero-order valence-electron chi connectivity index (χ0n) is 10.5. The standard InChI is InChI=1S/C13H12N2O4/c1-3-8-5-9(15(18)19)6-10-11(13(16)17)4-7(2)14-12(8)10/h4-6H,3H2,1-2H3,(H,16,17). The lowest BCUT2D eigenvalue weighted by atomic mass is 10.0. The number of hydrogen-bond acceptors (Lipinski definition) is 4. The van der Waals surface area contributed by atoms with Crippen molar-refractivity contribution in [3.05, 3.63) is 45.1 Å². The molecule has 2 rings (SSSR count). The number of benzene rings is 1. The molecule has 19 heavy (non-hydrogen) atoms. The van der Waals surface area contributed by atoms with Gasteiger partial charge in [0, 0.05) is 23.2 Å². The molecule has 1 heterocycles. The van der Waals surface area contributed by atoms with Gasteiger partial charge in [-0.05, 0) is 25.0 Å². The van der Waals surface area contributed by atoms with Gasteiger partial charge in [0.2, 0.25) is 0 Å². The molecular formula is C13H12N2O4. The highest BCUT2D eigenvalue weighted by molar-refractivity contribution is 6.04. The maximum Gasteiger partial charge on any atom is 0.336 e. The first-order valence-electron chi connectivity index (χ1n) is 5.76. The van der Waals surface area contributed by atoms with E-state index < -0.39 is 10.9 Å². The molecule has 0 bridgehead atoms. The second-order valence-corrected chi connectivity index (χ2v) is 4.23. The van der Waals surface area contributed by atoms with Crippen LogP contribution in [0.15, 0.2) is 18.2 Å². The fourth-order valence-corrected chi connectivity index (χ4v) is 2.06. The molecule has 0 saturated carbocycles. The zero-order valence-corrected chi connectivity index (χ0v) is 10.5. The van der Waals surface area contributed by atoms with E-state index in [1.807, 2.05) is 6.92 Å². The van der Waals surface area contributed by atoms with E-state index in [0.29, 0.717) is 28.6 Å². The van der Waals surface area contributed by atoms with Crippen molar-refractivity contribution in [1.82, 2.24) is 4.98 Å². The topological polar surface area (TPSA) is 93.3 Å². The first-order chi connectivity index (χ1) is 8.93. The van der Waals surface area contributed by atoms with Crippen LogP contribution in [0.3, 0.4) is 0 Å². The van der Waals surface area contributed by atoms with Crippen LogP contribution in [0, 0.1) is 17.0 Å². The molecule has 0 saturated heterocycles. The van der Waals surface area contributed by atoms with Gasteiger partial charge in [-0.1, -0.05) is 6.92 Å². The number of hydrogen-bond donors (Lipinski definition) is 1. The van der Waals surface area contributed by atoms with E-state index in [-0.39, 0.29) is 11.3 Å². The molecule has 0 radical (unpaired) electrons. The van der Waals surface area contributed by atoms with Crippen LogP contribution in [0.2, 0.25) is 0 Å². The summed E-state index contributed by atoms with van der Waals surface area (Å²) in [4.78, 5) is 25.9. The van der Waals surface area contributed by atoms with E-state index in [1.165, 1.54) is 18.2 Å². The minimum Gasteiger partial charge on any atom is -0.478 e. The van der Waals surface area contributed by atoms with Gasteiger partial charge in [-0.3, -0.25) is 15.1 Å². The number of nitrogens with zero attached hydrogens (tertiary/aromatic N) is 2. The Hall–Kier alpha value is -2.50. The number of non-ortho nitro benzene ring substituents is 1. The maximum absolute atomic E-state index is 11.3. The van der Waals surface area contributed by atoms with Crippen molar-refractivity contribution >= 4 is 22.6 Å². The minimum absolute atomic E-state index is 0.0425. The van der Waals surface area contributed by atoms with Gasteiger partial charge in [0.25, 0.3) is 5.69 Å². The van der Waals surface area contributed by atoms with E-state index in [1.54, 1.807) is 6.92 Å². The van der Waals surface area contributed by atoms with Crippen molar-refractivity contribution in [2.75, 3.05) is 0 Å². The minimum atomic E-state index is -1.11. The Bertz CT molecular complexity index is 695. The number of aryl methyl sites for hydroxylation is 2. The Morgan fingerprint density at radius 1 is 1.42 bits per heavy atom. The normalized spacial score (nSPS) is 10.6. The molecule has 0 aliphatic heterocycles. The summed E-state index contributed by atoms with van der Waals surface area (Å²) in [7, 11) is 0. The molecule has 0 aliphatic rings. The van der Waals surface area contributed by atoms with Gasteiger partial charge < -0.3 is 5.11 Å². The Morgan fingerprint density at radius 3 is 2.63 bits per heavy atom. The Kier molecular flexibility index (Phi) is 3.16. The van der Waals surface area contributed by atoms with Crippen molar-refractivity contribution in [3.63, 3.8) is 0 Å². The second-order valence-electron chi connectivity index (χ2n) is 4.23. The van der Waals surface area contributed by atoms with Crippen LogP contribution in [-0.4, -0.2) is 21.0 Å². The molecule has 98 valence electrons. The molecular weight excluding hydrogens is 248 g/mol. The lowest BCUT2D eigenvalue weighted by Gasteiger charge is -2.08. The lowest BCUT2D eigenvalue weighted by Crippen LogP contribution is -2.03. The van der Waals surface area contributed by atoms with Crippen molar-refractivity contribution < 1.29 is 14.8 Å². The smallest absolute Gasteiger partial charge is 0.336 e.